The highest BCUT2D eigenvalue weighted by Gasteiger charge is 2.50. The molecular weight excluding hydrogens is 469 g/mol. The van der Waals surface area contributed by atoms with E-state index in [-0.39, 0.29) is 22.9 Å². The molecule has 0 saturated heterocycles. The molecule has 1 fully saturated rings. The van der Waals surface area contributed by atoms with Crippen molar-refractivity contribution < 1.29 is 14.3 Å². The number of phenols is 1. The Bertz CT molecular complexity index is 1050. The van der Waals surface area contributed by atoms with Crippen LogP contribution in [0.2, 0.25) is 0 Å². The molecule has 0 amide bonds. The Morgan fingerprint density at radius 3 is 2.54 bits per heavy atom. The third-order valence-electron chi connectivity index (χ3n) is 4.81. The van der Waals surface area contributed by atoms with Crippen LogP contribution in [0.4, 0.5) is 4.39 Å². The molecule has 0 spiro atoms. The monoisotopic (exact) mass is 481 g/mol. The predicted octanol–water partition coefficient (Wildman–Crippen LogP) is 4.84. The number of imidazole rings is 1. The van der Waals surface area contributed by atoms with Gasteiger partial charge in [0.25, 0.3) is 0 Å². The Morgan fingerprint density at radius 1 is 1.35 bits per heavy atom. The molecule has 1 saturated carbocycles. The molecule has 0 bridgehead atoms. The van der Waals surface area contributed by atoms with Gasteiger partial charge in [-0.05, 0) is 55.8 Å². The van der Waals surface area contributed by atoms with Crippen LogP contribution in [0.25, 0.3) is 5.78 Å². The number of phenolic OH excluding ortho intramolecular Hbond substituents is 1. The zero-order valence-corrected chi connectivity index (χ0v) is 17.1. The van der Waals surface area contributed by atoms with Gasteiger partial charge < -0.3 is 5.11 Å². The third-order valence-corrected chi connectivity index (χ3v) is 6.02. The second-order valence-corrected chi connectivity index (χ2v) is 8.86. The van der Waals surface area contributed by atoms with Gasteiger partial charge in [-0.25, -0.2) is 14.4 Å². The molecule has 1 atom stereocenters. The second-order valence-electron chi connectivity index (χ2n) is 7.15. The van der Waals surface area contributed by atoms with Crippen LogP contribution < -0.4 is 0 Å². The lowest BCUT2D eigenvalue weighted by Gasteiger charge is -2.08. The summed E-state index contributed by atoms with van der Waals surface area (Å²) in [4.78, 5) is 21.8. The first-order valence-electron chi connectivity index (χ1n) is 7.95. The maximum Gasteiger partial charge on any atom is 0.234 e. The van der Waals surface area contributed by atoms with Crippen LogP contribution in [0.3, 0.4) is 0 Å². The largest absolute Gasteiger partial charge is 0.506 e. The number of carbonyl (C=O) groups excluding carboxylic acids is 1. The van der Waals surface area contributed by atoms with E-state index in [1.54, 1.807) is 0 Å². The van der Waals surface area contributed by atoms with Crippen molar-refractivity contribution in [2.45, 2.75) is 26.2 Å². The summed E-state index contributed by atoms with van der Waals surface area (Å²) in [6.45, 7) is 4.22. The van der Waals surface area contributed by atoms with Gasteiger partial charge >= 0.3 is 0 Å². The number of aromatic nitrogens is 3. The molecule has 2 aromatic heterocycles. The van der Waals surface area contributed by atoms with E-state index in [4.69, 9.17) is 0 Å². The van der Waals surface area contributed by atoms with Crippen molar-refractivity contribution >= 4 is 43.4 Å². The summed E-state index contributed by atoms with van der Waals surface area (Å²) in [5.74, 6) is -0.418. The first-order chi connectivity index (χ1) is 12.2. The Kier molecular flexibility index (Phi) is 3.96. The van der Waals surface area contributed by atoms with Crippen molar-refractivity contribution in [3.63, 3.8) is 0 Å². The summed E-state index contributed by atoms with van der Waals surface area (Å²) >= 11 is 6.48. The van der Waals surface area contributed by atoms with E-state index in [2.05, 4.69) is 55.7 Å². The first-order valence-corrected chi connectivity index (χ1v) is 9.54. The number of hydrogen-bond donors (Lipinski definition) is 1. The molecule has 2 heterocycles. The minimum absolute atomic E-state index is 0.0101. The van der Waals surface area contributed by atoms with Gasteiger partial charge in [-0.1, -0.05) is 13.8 Å². The van der Waals surface area contributed by atoms with E-state index in [9.17, 15) is 14.3 Å². The Labute approximate surface area is 165 Å². The molecule has 4 rings (SSSR count). The van der Waals surface area contributed by atoms with E-state index in [1.165, 1.54) is 22.7 Å². The van der Waals surface area contributed by atoms with Crippen molar-refractivity contribution in [1.82, 2.24) is 14.4 Å². The van der Waals surface area contributed by atoms with Gasteiger partial charge in [-0.3, -0.25) is 9.20 Å². The summed E-state index contributed by atoms with van der Waals surface area (Å²) in [5.41, 5.74) is 1.35. The molecule has 0 aliphatic heterocycles. The lowest BCUT2D eigenvalue weighted by Crippen LogP contribution is -2.09. The number of benzene rings is 1. The molecule has 1 aliphatic rings. The normalized spacial score (nSPS) is 18.3. The summed E-state index contributed by atoms with van der Waals surface area (Å²) in [7, 11) is 0. The number of carbonyl (C=O) groups is 1. The predicted molar refractivity (Wildman–Crippen MR) is 101 cm³/mol. The fourth-order valence-corrected chi connectivity index (χ4v) is 4.35. The number of nitrogens with zero attached hydrogens (tertiary/aromatic N) is 3. The summed E-state index contributed by atoms with van der Waals surface area (Å²) in [6.07, 6.45) is 3.22. The van der Waals surface area contributed by atoms with Crippen molar-refractivity contribution in [2.75, 3.05) is 0 Å². The molecule has 134 valence electrons. The number of rotatable bonds is 3. The minimum atomic E-state index is -0.543. The highest BCUT2D eigenvalue weighted by atomic mass is 79.9. The molecule has 5 nitrogen and oxygen atoms in total. The van der Waals surface area contributed by atoms with E-state index in [1.807, 2.05) is 0 Å². The van der Waals surface area contributed by atoms with Crippen molar-refractivity contribution in [1.29, 1.82) is 0 Å². The van der Waals surface area contributed by atoms with Crippen LogP contribution in [0.5, 0.6) is 5.75 Å². The van der Waals surface area contributed by atoms with Gasteiger partial charge in [0.15, 0.2) is 5.82 Å². The Balaban J connectivity index is 1.93. The molecule has 0 unspecified atom stereocenters. The summed E-state index contributed by atoms with van der Waals surface area (Å²) in [6, 6.07) is 3.08. The van der Waals surface area contributed by atoms with E-state index >= 15 is 0 Å². The van der Waals surface area contributed by atoms with Gasteiger partial charge in [0, 0.05) is 11.5 Å². The number of aromatic hydroxyl groups is 1. The Morgan fingerprint density at radius 2 is 1.96 bits per heavy atom. The fraction of sp³-hybridized carbons (Fsp3) is 0.278. The number of ketones is 1. The van der Waals surface area contributed by atoms with Crippen LogP contribution >= 0.6 is 31.9 Å². The van der Waals surface area contributed by atoms with Gasteiger partial charge in [0.1, 0.15) is 11.4 Å². The van der Waals surface area contributed by atoms with Crippen LogP contribution in [0.15, 0.2) is 33.5 Å². The first kappa shape index (κ1) is 17.6. The maximum atomic E-state index is 13.8. The SMILES string of the molecule is CC1(C)C[C@@H]1c1nc2ncc(F)cn2c1C(=O)c1cc(Br)c(O)c(Br)c1. The standard InChI is InChI=1S/C18H14Br2FN3O2/c1-18(2)5-10(18)13-14(24-7-9(21)6-22-17(24)23-13)15(25)8-3-11(19)16(26)12(20)4-8/h3-4,6-7,10,26H,5H2,1-2H3/t10-/m1/s1. The number of hydrogen-bond acceptors (Lipinski definition) is 4. The lowest BCUT2D eigenvalue weighted by atomic mass is 10.0. The van der Waals surface area contributed by atoms with Crippen molar-refractivity contribution in [2.24, 2.45) is 5.41 Å². The highest BCUT2D eigenvalue weighted by molar-refractivity contribution is 9.11. The third kappa shape index (κ3) is 2.75. The van der Waals surface area contributed by atoms with E-state index in [0.29, 0.717) is 31.7 Å². The Hall–Kier alpha value is -1.80. The van der Waals surface area contributed by atoms with E-state index in [0.717, 1.165) is 12.6 Å². The second kappa shape index (κ2) is 5.85. The topological polar surface area (TPSA) is 67.5 Å². The van der Waals surface area contributed by atoms with E-state index < -0.39 is 5.82 Å². The zero-order valence-electron chi connectivity index (χ0n) is 13.9. The van der Waals surface area contributed by atoms with Crippen LogP contribution in [0.1, 0.15) is 47.9 Å². The number of halogens is 3. The zero-order chi connectivity index (χ0) is 18.8. The molecule has 1 aliphatic carbocycles. The average Bonchev–Trinajstić information content (AvgIpc) is 3.05. The number of fused-ring (bicyclic) bond motifs is 1. The summed E-state index contributed by atoms with van der Waals surface area (Å²) in [5, 5.41) is 9.89. The molecule has 1 aromatic carbocycles. The van der Waals surface area contributed by atoms with Crippen LogP contribution in [0, 0.1) is 11.2 Å². The quantitative estimate of drug-likeness (QED) is 0.542. The van der Waals surface area contributed by atoms with Gasteiger partial charge in [-0.15, -0.1) is 0 Å². The summed E-state index contributed by atoms with van der Waals surface area (Å²) < 4.78 is 16.0. The van der Waals surface area contributed by atoms with Crippen molar-refractivity contribution in [3.8, 4) is 5.75 Å². The smallest absolute Gasteiger partial charge is 0.234 e. The molecule has 1 N–H and O–H groups in total. The molecule has 26 heavy (non-hydrogen) atoms. The fourth-order valence-electron chi connectivity index (χ4n) is 3.16. The lowest BCUT2D eigenvalue weighted by molar-refractivity contribution is 0.103. The van der Waals surface area contributed by atoms with Gasteiger partial charge in [0.2, 0.25) is 11.6 Å². The minimum Gasteiger partial charge on any atom is -0.506 e. The maximum absolute atomic E-state index is 13.8. The molecular formula is C18H14Br2FN3O2. The molecule has 0 radical (unpaired) electrons. The van der Waals surface area contributed by atoms with Crippen LogP contribution in [-0.2, 0) is 0 Å². The van der Waals surface area contributed by atoms with Gasteiger partial charge in [0.05, 0.1) is 27.0 Å². The van der Waals surface area contributed by atoms with Crippen LogP contribution in [-0.4, -0.2) is 25.3 Å². The highest BCUT2D eigenvalue weighted by Crippen LogP contribution is 2.59. The molecule has 3 aromatic rings. The van der Waals surface area contributed by atoms with Crippen molar-refractivity contribution in [3.05, 3.63) is 56.2 Å². The van der Waals surface area contributed by atoms with Gasteiger partial charge in [-0.2, -0.15) is 0 Å². The molecule has 8 heteroatoms. The average molecular weight is 483 g/mol.